The Bertz CT molecular complexity index is 288. The molecule has 0 amide bonds. The lowest BCUT2D eigenvalue weighted by atomic mass is 9.88. The monoisotopic (exact) mass is 264 g/mol. The van der Waals surface area contributed by atoms with Gasteiger partial charge in [-0.25, -0.2) is 0 Å². The first kappa shape index (κ1) is 16.5. The maximum atomic E-state index is 11.8. The van der Waals surface area contributed by atoms with Crippen molar-refractivity contribution in [2.75, 3.05) is 0 Å². The predicted octanol–water partition coefficient (Wildman–Crippen LogP) is 5.98. The minimum Gasteiger partial charge on any atom is -0.295 e. The van der Waals surface area contributed by atoms with E-state index in [1.54, 1.807) is 0 Å². The van der Waals surface area contributed by atoms with Gasteiger partial charge >= 0.3 is 0 Å². The summed E-state index contributed by atoms with van der Waals surface area (Å²) < 4.78 is 0. The summed E-state index contributed by atoms with van der Waals surface area (Å²) in [7, 11) is 0. The Balaban J connectivity index is 2.00. The number of carbonyl (C=O) groups excluding carboxylic acids is 1. The van der Waals surface area contributed by atoms with Crippen LogP contribution in [0.5, 0.6) is 0 Å². The highest BCUT2D eigenvalue weighted by molar-refractivity contribution is 5.96. The van der Waals surface area contributed by atoms with Crippen LogP contribution in [0.2, 0.25) is 0 Å². The van der Waals surface area contributed by atoms with Gasteiger partial charge in [0.15, 0.2) is 5.78 Å². The van der Waals surface area contributed by atoms with E-state index in [-0.39, 0.29) is 0 Å². The normalized spacial score (nSPS) is 16.2. The molecule has 0 saturated carbocycles. The van der Waals surface area contributed by atoms with Crippen LogP contribution in [0.3, 0.4) is 0 Å². The lowest BCUT2D eigenvalue weighted by Crippen LogP contribution is -2.10. The molecular formula is C18H32O. The Kier molecular flexibility index (Phi) is 8.86. The van der Waals surface area contributed by atoms with Gasteiger partial charge in [-0.1, -0.05) is 63.9 Å². The second-order valence-electron chi connectivity index (χ2n) is 6.11. The third-order valence-corrected chi connectivity index (χ3v) is 4.34. The van der Waals surface area contributed by atoms with Crippen LogP contribution in [0, 0.1) is 0 Å². The molecule has 0 aromatic rings. The quantitative estimate of drug-likeness (QED) is 0.444. The molecule has 0 aromatic heterocycles. The van der Waals surface area contributed by atoms with Crippen molar-refractivity contribution in [2.45, 2.75) is 97.3 Å². The highest BCUT2D eigenvalue weighted by Crippen LogP contribution is 2.25. The van der Waals surface area contributed by atoms with Crippen molar-refractivity contribution in [1.82, 2.24) is 0 Å². The van der Waals surface area contributed by atoms with E-state index in [1.807, 2.05) is 0 Å². The molecule has 1 heteroatoms. The van der Waals surface area contributed by atoms with Crippen LogP contribution in [-0.4, -0.2) is 5.78 Å². The van der Waals surface area contributed by atoms with Crippen LogP contribution in [-0.2, 0) is 4.79 Å². The van der Waals surface area contributed by atoms with Crippen LogP contribution in [0.25, 0.3) is 0 Å². The molecule has 1 rings (SSSR count). The number of hydrogen-bond acceptors (Lipinski definition) is 1. The zero-order valence-corrected chi connectivity index (χ0v) is 13.1. The van der Waals surface area contributed by atoms with Gasteiger partial charge in [0.05, 0.1) is 0 Å². The Morgan fingerprint density at radius 3 is 2.00 bits per heavy atom. The van der Waals surface area contributed by atoms with Crippen LogP contribution in [0.15, 0.2) is 11.1 Å². The van der Waals surface area contributed by atoms with E-state index in [0.29, 0.717) is 5.78 Å². The Hall–Kier alpha value is -0.590. The van der Waals surface area contributed by atoms with Crippen molar-refractivity contribution in [3.8, 4) is 0 Å². The Morgan fingerprint density at radius 2 is 1.42 bits per heavy atom. The maximum absolute atomic E-state index is 11.8. The summed E-state index contributed by atoms with van der Waals surface area (Å²) in [5.41, 5.74) is 2.55. The molecule has 0 radical (unpaired) electrons. The van der Waals surface area contributed by atoms with Crippen molar-refractivity contribution in [2.24, 2.45) is 0 Å². The largest absolute Gasteiger partial charge is 0.295 e. The molecule has 0 aromatic carbocycles. The molecule has 110 valence electrons. The molecule has 0 fully saturated rings. The van der Waals surface area contributed by atoms with Gasteiger partial charge in [0.2, 0.25) is 0 Å². The van der Waals surface area contributed by atoms with Crippen LogP contribution < -0.4 is 0 Å². The summed E-state index contributed by atoms with van der Waals surface area (Å²) in [4.78, 5) is 11.8. The standard InChI is InChI=1S/C18H32O/c1-3-4-5-6-7-8-9-10-11-14-17-16(2)13-12-15-18(17)19/h3-15H2,1-2H3. The van der Waals surface area contributed by atoms with Gasteiger partial charge in [0.25, 0.3) is 0 Å². The van der Waals surface area contributed by atoms with Crippen LogP contribution >= 0.6 is 0 Å². The third-order valence-electron chi connectivity index (χ3n) is 4.34. The fourth-order valence-corrected chi connectivity index (χ4v) is 3.02. The number of unbranched alkanes of at least 4 members (excludes halogenated alkanes) is 8. The third kappa shape index (κ3) is 6.94. The molecule has 0 aliphatic heterocycles. The Labute approximate surface area is 119 Å². The summed E-state index contributed by atoms with van der Waals surface area (Å²) in [5.74, 6) is 0.434. The number of allylic oxidation sites excluding steroid dienone is 2. The van der Waals surface area contributed by atoms with Crippen molar-refractivity contribution in [3.05, 3.63) is 11.1 Å². The van der Waals surface area contributed by atoms with E-state index in [1.165, 1.54) is 68.9 Å². The first-order valence-electron chi connectivity index (χ1n) is 8.47. The van der Waals surface area contributed by atoms with Gasteiger partial charge in [0.1, 0.15) is 0 Å². The number of carbonyl (C=O) groups is 1. The number of ketones is 1. The molecule has 0 N–H and O–H groups in total. The van der Waals surface area contributed by atoms with E-state index < -0.39 is 0 Å². The number of rotatable bonds is 10. The predicted molar refractivity (Wildman–Crippen MR) is 83.4 cm³/mol. The van der Waals surface area contributed by atoms with E-state index in [2.05, 4.69) is 13.8 Å². The molecule has 0 unspecified atom stereocenters. The first-order valence-corrected chi connectivity index (χ1v) is 8.47. The van der Waals surface area contributed by atoms with Crippen LogP contribution in [0.4, 0.5) is 0 Å². The van der Waals surface area contributed by atoms with Crippen molar-refractivity contribution in [3.63, 3.8) is 0 Å². The van der Waals surface area contributed by atoms with Crippen molar-refractivity contribution < 1.29 is 4.79 Å². The van der Waals surface area contributed by atoms with Gasteiger partial charge in [-0.3, -0.25) is 4.79 Å². The Morgan fingerprint density at radius 1 is 0.842 bits per heavy atom. The molecule has 1 aliphatic carbocycles. The highest BCUT2D eigenvalue weighted by Gasteiger charge is 2.16. The maximum Gasteiger partial charge on any atom is 0.158 e. The van der Waals surface area contributed by atoms with E-state index in [4.69, 9.17) is 0 Å². The average Bonchev–Trinajstić information content (AvgIpc) is 2.40. The van der Waals surface area contributed by atoms with Crippen molar-refractivity contribution >= 4 is 5.78 Å². The lowest BCUT2D eigenvalue weighted by molar-refractivity contribution is -0.116. The smallest absolute Gasteiger partial charge is 0.158 e. The van der Waals surface area contributed by atoms with Crippen LogP contribution in [0.1, 0.15) is 97.3 Å². The molecule has 19 heavy (non-hydrogen) atoms. The average molecular weight is 264 g/mol. The molecule has 0 atom stereocenters. The second kappa shape index (κ2) is 10.2. The second-order valence-corrected chi connectivity index (χ2v) is 6.11. The van der Waals surface area contributed by atoms with Gasteiger partial charge < -0.3 is 0 Å². The molecule has 0 bridgehead atoms. The number of Topliss-reactive ketones (excluding diaryl/α,β-unsaturated/α-hetero) is 1. The summed E-state index contributed by atoms with van der Waals surface area (Å²) in [5, 5.41) is 0. The molecule has 1 aliphatic rings. The van der Waals surface area contributed by atoms with E-state index in [9.17, 15) is 4.79 Å². The highest BCUT2D eigenvalue weighted by atomic mass is 16.1. The molecule has 0 heterocycles. The summed E-state index contributed by atoms with van der Waals surface area (Å²) in [6, 6.07) is 0. The van der Waals surface area contributed by atoms with E-state index in [0.717, 1.165) is 25.7 Å². The minimum absolute atomic E-state index is 0.434. The SMILES string of the molecule is CCCCCCCCCCCC1=C(C)CCCC1=O. The summed E-state index contributed by atoms with van der Waals surface area (Å²) in [6.07, 6.45) is 16.3. The van der Waals surface area contributed by atoms with E-state index >= 15 is 0 Å². The molecule has 1 nitrogen and oxygen atoms in total. The minimum atomic E-state index is 0.434. The van der Waals surface area contributed by atoms with Crippen molar-refractivity contribution in [1.29, 1.82) is 0 Å². The zero-order chi connectivity index (χ0) is 13.9. The number of hydrogen-bond donors (Lipinski definition) is 0. The van der Waals surface area contributed by atoms with Gasteiger partial charge in [-0.2, -0.15) is 0 Å². The van der Waals surface area contributed by atoms with Gasteiger partial charge in [0, 0.05) is 6.42 Å². The fourth-order valence-electron chi connectivity index (χ4n) is 3.02. The van der Waals surface area contributed by atoms with Gasteiger partial charge in [-0.15, -0.1) is 0 Å². The molecule has 0 spiro atoms. The first-order chi connectivity index (χ1) is 9.25. The summed E-state index contributed by atoms with van der Waals surface area (Å²) in [6.45, 7) is 4.42. The summed E-state index contributed by atoms with van der Waals surface area (Å²) >= 11 is 0. The zero-order valence-electron chi connectivity index (χ0n) is 13.1. The molecular weight excluding hydrogens is 232 g/mol. The topological polar surface area (TPSA) is 17.1 Å². The van der Waals surface area contributed by atoms with Gasteiger partial charge in [-0.05, 0) is 38.2 Å². The lowest BCUT2D eigenvalue weighted by Gasteiger charge is -2.16. The fraction of sp³-hybridized carbons (Fsp3) is 0.833. The molecule has 0 saturated heterocycles.